The quantitative estimate of drug-likeness (QED) is 0.774. The fourth-order valence-electron chi connectivity index (χ4n) is 1.50. The summed E-state index contributed by atoms with van der Waals surface area (Å²) in [6, 6.07) is 6.30. The molecule has 1 rings (SSSR count). The molecule has 6 nitrogen and oxygen atoms in total. The van der Waals surface area contributed by atoms with Crippen LogP contribution in [0.15, 0.2) is 24.3 Å². The van der Waals surface area contributed by atoms with Gasteiger partial charge in [0.05, 0.1) is 6.54 Å². The van der Waals surface area contributed by atoms with E-state index in [9.17, 15) is 9.59 Å². The molecule has 20 heavy (non-hydrogen) atoms. The standard InChI is InChI=1S/C14H20N2O4/c1-10-5-4-6-12(9-10)20-8-7-15-14(19)16(3)11(2)13(17)18/h4-6,9,11H,7-8H2,1-3H3,(H,15,19)(H,17,18). The molecule has 2 amide bonds. The summed E-state index contributed by atoms with van der Waals surface area (Å²) < 4.78 is 5.48. The van der Waals surface area contributed by atoms with Crippen LogP contribution in [0.4, 0.5) is 4.79 Å². The van der Waals surface area contributed by atoms with Crippen LogP contribution in [0.3, 0.4) is 0 Å². The van der Waals surface area contributed by atoms with E-state index in [0.717, 1.165) is 16.2 Å². The number of carbonyl (C=O) groups excluding carboxylic acids is 1. The fourth-order valence-corrected chi connectivity index (χ4v) is 1.50. The molecular weight excluding hydrogens is 260 g/mol. The van der Waals surface area contributed by atoms with Crippen molar-refractivity contribution < 1.29 is 19.4 Å². The monoisotopic (exact) mass is 280 g/mol. The highest BCUT2D eigenvalue weighted by molar-refractivity contribution is 5.82. The second kappa shape index (κ2) is 7.37. The zero-order valence-corrected chi connectivity index (χ0v) is 11.9. The SMILES string of the molecule is Cc1cccc(OCCNC(=O)N(C)C(C)C(=O)O)c1. The van der Waals surface area contributed by atoms with Crippen LogP contribution in [-0.2, 0) is 4.79 Å². The van der Waals surface area contributed by atoms with Crippen LogP contribution >= 0.6 is 0 Å². The molecule has 0 aliphatic rings. The van der Waals surface area contributed by atoms with Crippen LogP contribution in [0.1, 0.15) is 12.5 Å². The van der Waals surface area contributed by atoms with E-state index in [1.165, 1.54) is 14.0 Å². The Balaban J connectivity index is 2.30. The Morgan fingerprint density at radius 2 is 2.15 bits per heavy atom. The van der Waals surface area contributed by atoms with Gasteiger partial charge in [-0.15, -0.1) is 0 Å². The molecule has 0 spiro atoms. The molecule has 110 valence electrons. The topological polar surface area (TPSA) is 78.9 Å². The van der Waals surface area contributed by atoms with Crippen LogP contribution < -0.4 is 10.1 Å². The van der Waals surface area contributed by atoms with Gasteiger partial charge in [0.1, 0.15) is 18.4 Å². The number of rotatable bonds is 6. The van der Waals surface area contributed by atoms with E-state index in [4.69, 9.17) is 9.84 Å². The molecule has 1 aromatic carbocycles. The molecule has 1 atom stereocenters. The van der Waals surface area contributed by atoms with Crippen molar-refractivity contribution in [1.82, 2.24) is 10.2 Å². The number of hydrogen-bond acceptors (Lipinski definition) is 3. The van der Waals surface area contributed by atoms with Crippen molar-refractivity contribution in [3.63, 3.8) is 0 Å². The van der Waals surface area contributed by atoms with Gasteiger partial charge in [-0.3, -0.25) is 0 Å². The molecular formula is C14H20N2O4. The highest BCUT2D eigenvalue weighted by Gasteiger charge is 2.20. The summed E-state index contributed by atoms with van der Waals surface area (Å²) in [5.74, 6) is -0.301. The number of amides is 2. The predicted octanol–water partition coefficient (Wildman–Crippen LogP) is 1.49. The molecule has 0 saturated carbocycles. The number of hydrogen-bond donors (Lipinski definition) is 2. The first-order valence-electron chi connectivity index (χ1n) is 6.34. The number of likely N-dealkylation sites (N-methyl/N-ethyl adjacent to an activating group) is 1. The van der Waals surface area contributed by atoms with Gasteiger partial charge in [-0.05, 0) is 31.5 Å². The minimum absolute atomic E-state index is 0.309. The third-order valence-corrected chi connectivity index (χ3v) is 2.90. The maximum absolute atomic E-state index is 11.7. The Morgan fingerprint density at radius 3 is 2.75 bits per heavy atom. The lowest BCUT2D eigenvalue weighted by Crippen LogP contribution is -2.46. The largest absolute Gasteiger partial charge is 0.492 e. The zero-order valence-electron chi connectivity index (χ0n) is 11.9. The first-order chi connectivity index (χ1) is 9.41. The Kier molecular flexibility index (Phi) is 5.83. The van der Waals surface area contributed by atoms with Crippen LogP contribution in [0.25, 0.3) is 0 Å². The molecule has 0 heterocycles. The minimum atomic E-state index is -1.04. The van der Waals surface area contributed by atoms with E-state index in [0.29, 0.717) is 13.2 Å². The summed E-state index contributed by atoms with van der Waals surface area (Å²) >= 11 is 0. The Labute approximate surface area is 118 Å². The number of benzene rings is 1. The lowest BCUT2D eigenvalue weighted by atomic mass is 10.2. The van der Waals surface area contributed by atoms with Gasteiger partial charge in [-0.1, -0.05) is 12.1 Å². The molecule has 0 bridgehead atoms. The molecule has 0 aliphatic heterocycles. The number of ether oxygens (including phenoxy) is 1. The van der Waals surface area contributed by atoms with Gasteiger partial charge in [-0.2, -0.15) is 0 Å². The third kappa shape index (κ3) is 4.79. The van der Waals surface area contributed by atoms with Crippen molar-refractivity contribution in [3.8, 4) is 5.75 Å². The summed E-state index contributed by atoms with van der Waals surface area (Å²) in [5, 5.41) is 11.4. The second-order valence-corrected chi connectivity index (χ2v) is 4.52. The summed E-state index contributed by atoms with van der Waals surface area (Å²) in [6.07, 6.45) is 0. The van der Waals surface area contributed by atoms with Gasteiger partial charge in [0.25, 0.3) is 0 Å². The number of carbonyl (C=O) groups is 2. The van der Waals surface area contributed by atoms with Crippen LogP contribution in [0, 0.1) is 6.92 Å². The number of carboxylic acid groups (broad SMARTS) is 1. The van der Waals surface area contributed by atoms with E-state index in [2.05, 4.69) is 5.32 Å². The molecule has 6 heteroatoms. The average molecular weight is 280 g/mol. The van der Waals surface area contributed by atoms with Gasteiger partial charge in [0.15, 0.2) is 0 Å². The minimum Gasteiger partial charge on any atom is -0.492 e. The number of aryl methyl sites for hydroxylation is 1. The summed E-state index contributed by atoms with van der Waals surface area (Å²) in [6.45, 7) is 4.05. The number of nitrogens with zero attached hydrogens (tertiary/aromatic N) is 1. The average Bonchev–Trinajstić information content (AvgIpc) is 2.41. The van der Waals surface area contributed by atoms with Crippen molar-refractivity contribution in [2.75, 3.05) is 20.2 Å². The maximum Gasteiger partial charge on any atom is 0.326 e. The van der Waals surface area contributed by atoms with Crippen LogP contribution in [-0.4, -0.2) is 48.2 Å². The van der Waals surface area contributed by atoms with Crippen molar-refractivity contribution in [2.45, 2.75) is 19.9 Å². The van der Waals surface area contributed by atoms with Crippen molar-refractivity contribution in [2.24, 2.45) is 0 Å². The van der Waals surface area contributed by atoms with E-state index >= 15 is 0 Å². The van der Waals surface area contributed by atoms with Gasteiger partial charge in [0, 0.05) is 7.05 Å². The Bertz CT molecular complexity index is 476. The first-order valence-corrected chi connectivity index (χ1v) is 6.34. The molecule has 0 aromatic heterocycles. The van der Waals surface area contributed by atoms with Gasteiger partial charge in [0.2, 0.25) is 0 Å². The molecule has 1 aromatic rings. The van der Waals surface area contributed by atoms with E-state index < -0.39 is 18.0 Å². The maximum atomic E-state index is 11.7. The summed E-state index contributed by atoms with van der Waals surface area (Å²) in [7, 11) is 1.44. The van der Waals surface area contributed by atoms with E-state index in [1.807, 2.05) is 31.2 Å². The number of aliphatic carboxylic acids is 1. The second-order valence-electron chi connectivity index (χ2n) is 4.52. The number of carboxylic acids is 1. The molecule has 0 fully saturated rings. The van der Waals surface area contributed by atoms with Gasteiger partial charge >= 0.3 is 12.0 Å². The fraction of sp³-hybridized carbons (Fsp3) is 0.429. The normalized spacial score (nSPS) is 11.6. The molecule has 0 aliphatic carbocycles. The summed E-state index contributed by atoms with van der Waals surface area (Å²) in [5.41, 5.74) is 1.10. The van der Waals surface area contributed by atoms with E-state index in [1.54, 1.807) is 0 Å². The molecule has 1 unspecified atom stereocenters. The highest BCUT2D eigenvalue weighted by atomic mass is 16.5. The Hall–Kier alpha value is -2.24. The predicted molar refractivity (Wildman–Crippen MR) is 74.9 cm³/mol. The van der Waals surface area contributed by atoms with Gasteiger partial charge in [-0.25, -0.2) is 9.59 Å². The third-order valence-electron chi connectivity index (χ3n) is 2.90. The van der Waals surface area contributed by atoms with Gasteiger partial charge < -0.3 is 20.1 Å². The zero-order chi connectivity index (χ0) is 15.1. The lowest BCUT2D eigenvalue weighted by Gasteiger charge is -2.21. The highest BCUT2D eigenvalue weighted by Crippen LogP contribution is 2.11. The number of nitrogens with one attached hydrogen (secondary N) is 1. The van der Waals surface area contributed by atoms with Crippen LogP contribution in [0.2, 0.25) is 0 Å². The molecule has 2 N–H and O–H groups in total. The number of urea groups is 1. The van der Waals surface area contributed by atoms with Crippen molar-refractivity contribution in [3.05, 3.63) is 29.8 Å². The van der Waals surface area contributed by atoms with E-state index in [-0.39, 0.29) is 0 Å². The van der Waals surface area contributed by atoms with Crippen molar-refractivity contribution in [1.29, 1.82) is 0 Å². The van der Waals surface area contributed by atoms with Crippen molar-refractivity contribution >= 4 is 12.0 Å². The Morgan fingerprint density at radius 1 is 1.45 bits per heavy atom. The smallest absolute Gasteiger partial charge is 0.326 e. The lowest BCUT2D eigenvalue weighted by molar-refractivity contribution is -0.141. The summed E-state index contributed by atoms with van der Waals surface area (Å²) in [4.78, 5) is 23.5. The first kappa shape index (κ1) is 15.8. The van der Waals surface area contributed by atoms with Crippen LogP contribution in [0.5, 0.6) is 5.75 Å². The molecule has 0 saturated heterocycles. The molecule has 0 radical (unpaired) electrons.